The number of phenolic OH excluding ortho intramolecular Hbond substituents is 3. The van der Waals surface area contributed by atoms with E-state index in [-0.39, 0.29) is 33.9 Å². The molecule has 7 N–H and O–H groups in total. The van der Waals surface area contributed by atoms with Gasteiger partial charge in [-0.2, -0.15) is 0 Å². The van der Waals surface area contributed by atoms with Crippen molar-refractivity contribution >= 4 is 46.1 Å². The minimum absolute atomic E-state index is 0.116. The molecule has 5 atom stereocenters. The Kier molecular flexibility index (Phi) is 15.5. The van der Waals surface area contributed by atoms with E-state index in [1.54, 1.807) is 25.2 Å². The number of allylic oxidation sites excluding steroid dienone is 3. The van der Waals surface area contributed by atoms with Crippen molar-refractivity contribution in [3.05, 3.63) is 53.3 Å². The molecular formula is C39H49NO14. The van der Waals surface area contributed by atoms with Gasteiger partial charge in [0.25, 0.3) is 5.91 Å². The summed E-state index contributed by atoms with van der Waals surface area (Å²) in [6, 6.07) is 1.07. The normalized spacial score (nSPS) is 22.5. The quantitative estimate of drug-likeness (QED) is 0.130. The monoisotopic (exact) mass is 755 g/mol. The van der Waals surface area contributed by atoms with E-state index in [9.17, 15) is 49.5 Å². The van der Waals surface area contributed by atoms with Crippen LogP contribution in [0.5, 0.6) is 23.0 Å². The largest absolute Gasteiger partial charge is 0.507 e. The Hall–Kier alpha value is -5.57. The van der Waals surface area contributed by atoms with Crippen molar-refractivity contribution in [2.75, 3.05) is 18.5 Å². The van der Waals surface area contributed by atoms with Crippen LogP contribution in [0.3, 0.4) is 0 Å². The predicted molar refractivity (Wildman–Crippen MR) is 196 cm³/mol. The zero-order chi connectivity index (χ0) is 40.3. The number of hydrogen-bond acceptors (Lipinski definition) is 12. The number of esters is 1. The number of phenols is 3. The van der Waals surface area contributed by atoms with Crippen LogP contribution in [0.1, 0.15) is 82.1 Å². The van der Waals surface area contributed by atoms with Gasteiger partial charge in [-0.15, -0.1) is 0 Å². The lowest BCUT2D eigenvalue weighted by Crippen LogP contribution is -2.28. The molecule has 2 aromatic rings. The van der Waals surface area contributed by atoms with Gasteiger partial charge in [0.1, 0.15) is 23.4 Å². The van der Waals surface area contributed by atoms with Gasteiger partial charge in [-0.3, -0.25) is 19.2 Å². The Morgan fingerprint density at radius 2 is 1.65 bits per heavy atom. The first-order chi connectivity index (χ1) is 25.4. The summed E-state index contributed by atoms with van der Waals surface area (Å²) in [4.78, 5) is 62.0. The second-order valence-electron chi connectivity index (χ2n) is 13.6. The van der Waals surface area contributed by atoms with Gasteiger partial charge in [-0.1, -0.05) is 32.1 Å². The lowest BCUT2D eigenvalue weighted by molar-refractivity contribution is -0.157. The second-order valence-corrected chi connectivity index (χ2v) is 13.6. The van der Waals surface area contributed by atoms with E-state index < -0.39 is 101 Å². The van der Waals surface area contributed by atoms with E-state index in [2.05, 4.69) is 5.32 Å². The molecule has 294 valence electrons. The lowest BCUT2D eigenvalue weighted by Gasteiger charge is -2.24. The smallest absolute Gasteiger partial charge is 0.341 e. The molecule has 2 heterocycles. The van der Waals surface area contributed by atoms with Crippen LogP contribution in [0.2, 0.25) is 0 Å². The summed E-state index contributed by atoms with van der Waals surface area (Å²) in [5.74, 6) is -8.28. The van der Waals surface area contributed by atoms with Gasteiger partial charge in [0.05, 0.1) is 41.3 Å². The lowest BCUT2D eigenvalue weighted by atomic mass is 9.92. The maximum absolute atomic E-state index is 13.5. The Bertz CT molecular complexity index is 1830. The topological polar surface area (TPSA) is 246 Å². The van der Waals surface area contributed by atoms with Gasteiger partial charge < -0.3 is 50.2 Å². The van der Waals surface area contributed by atoms with Crippen LogP contribution in [0, 0.1) is 24.7 Å². The van der Waals surface area contributed by atoms with E-state index in [0.29, 0.717) is 32.1 Å². The van der Waals surface area contributed by atoms with E-state index in [4.69, 9.17) is 19.3 Å². The fourth-order valence-corrected chi connectivity index (χ4v) is 5.89. The number of carbonyl (C=O) groups is 5. The number of carboxylic acid groups (broad SMARTS) is 2. The van der Waals surface area contributed by atoms with Crippen molar-refractivity contribution in [2.45, 2.75) is 85.4 Å². The summed E-state index contributed by atoms with van der Waals surface area (Å²) < 4.78 is 16.5. The molecule has 0 saturated heterocycles. The number of hydrogen-bond donors (Lipinski definition) is 7. The highest BCUT2D eigenvalue weighted by Gasteiger charge is 2.29. The van der Waals surface area contributed by atoms with E-state index in [0.717, 1.165) is 6.07 Å². The number of aliphatic hydroxyl groups excluding tert-OH is 1. The van der Waals surface area contributed by atoms with Crippen LogP contribution >= 0.6 is 0 Å². The Morgan fingerprint density at radius 1 is 0.963 bits per heavy atom. The Morgan fingerprint density at radius 3 is 2.31 bits per heavy atom. The number of ether oxygens (including phenoxy) is 3. The molecule has 15 nitrogen and oxygen atoms in total. The number of carbonyl (C=O) groups excluding carboxylic acids is 3. The molecule has 0 aliphatic carbocycles. The molecule has 0 radical (unpaired) electrons. The van der Waals surface area contributed by atoms with Gasteiger partial charge in [-0.05, 0) is 64.9 Å². The first kappa shape index (κ1) is 42.8. The van der Waals surface area contributed by atoms with E-state index >= 15 is 0 Å². The Balaban J connectivity index is 2.11. The number of benzene rings is 2. The molecule has 4 rings (SSSR count). The number of anilines is 1. The van der Waals surface area contributed by atoms with Gasteiger partial charge in [0.15, 0.2) is 19.0 Å². The number of Topliss-reactive ketones (excluding diaryl/α,β-unsaturated/α-hetero) is 1. The van der Waals surface area contributed by atoms with Crippen molar-refractivity contribution in [3.63, 3.8) is 0 Å². The van der Waals surface area contributed by atoms with Gasteiger partial charge in [0.2, 0.25) is 5.78 Å². The van der Waals surface area contributed by atoms with Crippen molar-refractivity contribution in [3.8, 4) is 23.0 Å². The molecule has 2 aliphatic rings. The maximum Gasteiger partial charge on any atom is 0.341 e. The minimum atomic E-state index is -1.39. The van der Waals surface area contributed by atoms with Crippen LogP contribution in [0.15, 0.2) is 42.2 Å². The number of carboxylic acids is 2. The fourth-order valence-electron chi connectivity index (χ4n) is 5.89. The first-order valence-electron chi connectivity index (χ1n) is 17.6. The second kappa shape index (κ2) is 19.5. The maximum atomic E-state index is 13.5. The summed E-state index contributed by atoms with van der Waals surface area (Å²) in [6.45, 7) is 6.35. The number of nitrogens with one attached hydrogen (secondary N) is 1. The average Bonchev–Trinajstić information content (AvgIpc) is 3.10. The van der Waals surface area contributed by atoms with E-state index in [1.807, 2.05) is 6.92 Å². The standard InChI is InChI=1S/C39H49NO14/c1-20-8-7-15-52-18-28(42)32-33-29(53-19-31(45)46)17-27(37(49)34(33)36(48)23(4)35(32)47)40-38(50)21(2)9-6-10-25(12-14-26(41)13-11-20)24(5)54-39(51)22(3)16-30(43)44/h6-7,9-10,15,17,20,22,24-26,41,47-49H,8,11-14,16,18-19H2,1-5H3,(H,40,50)(H,43,44)(H,45,46)/b10-6+,15-7+,21-9-/t20-,22+,24?,25?,26+/m1/s1. The van der Waals surface area contributed by atoms with Gasteiger partial charge in [0, 0.05) is 28.5 Å². The zero-order valence-electron chi connectivity index (χ0n) is 31.0. The fraction of sp³-hybridized carbons (Fsp3) is 0.462. The highest BCUT2D eigenvalue weighted by atomic mass is 16.5. The molecule has 0 aromatic heterocycles. The van der Waals surface area contributed by atoms with Crippen molar-refractivity contribution in [1.82, 2.24) is 0 Å². The number of amides is 1. The molecule has 2 aromatic carbocycles. The third-order valence-electron chi connectivity index (χ3n) is 9.20. The molecule has 1 amide bonds. The SMILES string of the molecule is C/C1=C/C=C/C(C(C)OC(=O)[C@@H](C)CC(=O)O)CC[C@@H](O)CC[C@H](C)C/C=C/OCC(=O)c2c(O)c(C)c(O)c3c(O)c(cc(OCC(=O)O)c23)NC1=O. The van der Waals surface area contributed by atoms with Crippen molar-refractivity contribution in [2.24, 2.45) is 17.8 Å². The number of aromatic hydroxyl groups is 3. The number of aliphatic carboxylic acids is 2. The van der Waals surface area contributed by atoms with Crippen LogP contribution in [-0.2, 0) is 28.7 Å². The number of aliphatic hydroxyl groups is 1. The molecule has 15 heteroatoms. The number of fused-ring (bicyclic) bond motifs is 16. The minimum Gasteiger partial charge on any atom is -0.507 e. The van der Waals surface area contributed by atoms with Crippen LogP contribution in [0.4, 0.5) is 5.69 Å². The summed E-state index contributed by atoms with van der Waals surface area (Å²) in [5, 5.41) is 64.4. The van der Waals surface area contributed by atoms with Gasteiger partial charge in [-0.25, -0.2) is 4.79 Å². The molecule has 0 saturated carbocycles. The summed E-state index contributed by atoms with van der Waals surface area (Å²) in [5.41, 5.74) is -0.790. The van der Waals surface area contributed by atoms with Crippen LogP contribution in [0.25, 0.3) is 10.8 Å². The van der Waals surface area contributed by atoms with Crippen LogP contribution in [-0.4, -0.2) is 85.7 Å². The average molecular weight is 756 g/mol. The van der Waals surface area contributed by atoms with Crippen molar-refractivity contribution < 1.29 is 68.8 Å². The summed E-state index contributed by atoms with van der Waals surface area (Å²) >= 11 is 0. The summed E-state index contributed by atoms with van der Waals surface area (Å²) in [7, 11) is 0. The molecule has 0 fully saturated rings. The third-order valence-corrected chi connectivity index (χ3v) is 9.20. The Labute approximate surface area is 312 Å². The third kappa shape index (κ3) is 11.5. The molecular weight excluding hydrogens is 706 g/mol. The van der Waals surface area contributed by atoms with Crippen molar-refractivity contribution in [1.29, 1.82) is 0 Å². The summed E-state index contributed by atoms with van der Waals surface area (Å²) in [6.07, 6.45) is 8.34. The first-order valence-corrected chi connectivity index (χ1v) is 17.6. The number of ketones is 1. The molecule has 54 heavy (non-hydrogen) atoms. The molecule has 2 unspecified atom stereocenters. The van der Waals surface area contributed by atoms with Crippen LogP contribution < -0.4 is 10.1 Å². The molecule has 4 bridgehead atoms. The highest BCUT2D eigenvalue weighted by Crippen LogP contribution is 2.50. The molecule has 2 aliphatic heterocycles. The van der Waals surface area contributed by atoms with Gasteiger partial charge >= 0.3 is 17.9 Å². The molecule has 0 spiro atoms. The predicted octanol–water partition coefficient (Wildman–Crippen LogP) is 5.50. The van der Waals surface area contributed by atoms with E-state index in [1.165, 1.54) is 33.1 Å². The number of rotatable bonds is 8. The zero-order valence-corrected chi connectivity index (χ0v) is 31.0. The highest BCUT2D eigenvalue weighted by molar-refractivity contribution is 6.18.